The third kappa shape index (κ3) is 1.68. The van der Waals surface area contributed by atoms with Crippen LogP contribution in [0.5, 0.6) is 0 Å². The number of nitrogens with zero attached hydrogens (tertiary/aromatic N) is 7. The third-order valence-corrected chi connectivity index (χ3v) is 1.29. The summed E-state index contributed by atoms with van der Waals surface area (Å²) in [6.45, 7) is 0. The van der Waals surface area contributed by atoms with Gasteiger partial charge in [0, 0.05) is 6.08 Å². The minimum atomic E-state index is -0.269. The third-order valence-electron chi connectivity index (χ3n) is 1.29. The van der Waals surface area contributed by atoms with Crippen molar-refractivity contribution in [3.8, 4) is 0 Å². The zero-order chi connectivity index (χ0) is 9.80. The first-order valence-corrected chi connectivity index (χ1v) is 3.58. The molecule has 0 saturated carbocycles. The summed E-state index contributed by atoms with van der Waals surface area (Å²) in [5, 5.41) is 24.0. The highest BCUT2D eigenvalue weighted by Gasteiger charge is 2.14. The number of amidine groups is 1. The second-order valence-corrected chi connectivity index (χ2v) is 2.21. The van der Waals surface area contributed by atoms with Crippen molar-refractivity contribution in [2.24, 2.45) is 35.9 Å². The average molecular weight is 189 g/mol. The Morgan fingerprint density at radius 2 is 2.00 bits per heavy atom. The van der Waals surface area contributed by atoms with Crippen LogP contribution < -0.4 is 0 Å². The lowest BCUT2D eigenvalue weighted by Gasteiger charge is -1.73. The first-order valence-electron chi connectivity index (χ1n) is 3.58. The smallest absolute Gasteiger partial charge is 0.266 e. The highest BCUT2D eigenvalue weighted by atomic mass is 16.1. The van der Waals surface area contributed by atoms with Gasteiger partial charge in [0.25, 0.3) is 5.91 Å². The van der Waals surface area contributed by atoms with Crippen LogP contribution in [0.2, 0.25) is 0 Å². The molecular weight excluding hydrogens is 186 g/mol. The van der Waals surface area contributed by atoms with Crippen molar-refractivity contribution in [3.63, 3.8) is 0 Å². The molecule has 3 aliphatic heterocycles. The quantitative estimate of drug-likeness (QED) is 0.566. The number of hydrogen-bond donors (Lipinski definition) is 0. The van der Waals surface area contributed by atoms with Gasteiger partial charge in [-0.1, -0.05) is 0 Å². The average Bonchev–Trinajstić information content (AvgIpc) is 2.77. The first-order chi connectivity index (χ1) is 6.86. The summed E-state index contributed by atoms with van der Waals surface area (Å²) in [5.41, 5.74) is 0.657. The van der Waals surface area contributed by atoms with Crippen LogP contribution in [0, 0.1) is 0 Å². The highest BCUT2D eigenvalue weighted by molar-refractivity contribution is 6.00. The molecule has 0 aromatic rings. The molecule has 0 aromatic carbocycles. The molecule has 8 heteroatoms. The Bertz CT molecular complexity index is 399. The van der Waals surface area contributed by atoms with Crippen molar-refractivity contribution in [1.82, 2.24) is 0 Å². The molecular formula is C6H3N7O. The molecule has 0 fully saturated rings. The number of carbonyl (C=O) groups excluding carboxylic acids is 1. The fraction of sp³-hybridized carbons (Fsp3) is 0. The van der Waals surface area contributed by atoms with Gasteiger partial charge in [0.15, 0.2) is 5.70 Å². The van der Waals surface area contributed by atoms with E-state index < -0.39 is 0 Å². The number of carbonyl (C=O) groups is 1. The Labute approximate surface area is 77.5 Å². The second kappa shape index (κ2) is 3.56. The minimum absolute atomic E-state index is 0.269. The monoisotopic (exact) mass is 189 g/mol. The lowest BCUT2D eigenvalue weighted by molar-refractivity contribution is -0.113. The molecule has 0 N–H and O–H groups in total. The van der Waals surface area contributed by atoms with Gasteiger partial charge in [-0.25, -0.2) is 0 Å². The Balaban J connectivity index is 0.000000112. The van der Waals surface area contributed by atoms with Crippen molar-refractivity contribution in [1.29, 1.82) is 0 Å². The number of amides is 1. The van der Waals surface area contributed by atoms with Crippen LogP contribution in [0.4, 0.5) is 0 Å². The van der Waals surface area contributed by atoms with E-state index in [4.69, 9.17) is 0 Å². The molecule has 0 radical (unpaired) electrons. The maximum atomic E-state index is 9.90. The van der Waals surface area contributed by atoms with Crippen LogP contribution >= 0.6 is 0 Å². The molecule has 0 bridgehead atoms. The van der Waals surface area contributed by atoms with E-state index in [1.54, 1.807) is 0 Å². The molecule has 3 aliphatic rings. The highest BCUT2D eigenvalue weighted by Crippen LogP contribution is 2.15. The van der Waals surface area contributed by atoms with E-state index >= 15 is 0 Å². The van der Waals surface area contributed by atoms with Gasteiger partial charge in [-0.3, -0.25) is 4.79 Å². The zero-order valence-electron chi connectivity index (χ0n) is 6.77. The van der Waals surface area contributed by atoms with Gasteiger partial charge in [0.2, 0.25) is 5.84 Å². The van der Waals surface area contributed by atoms with Gasteiger partial charge >= 0.3 is 0 Å². The lowest BCUT2D eigenvalue weighted by atomic mass is 10.5. The van der Waals surface area contributed by atoms with Gasteiger partial charge < -0.3 is 0 Å². The SMILES string of the molecule is C1=C2N=NN=C2N=N1.O=C1C=CN=N1. The normalized spacial score (nSPS) is 19.3. The van der Waals surface area contributed by atoms with Crippen molar-refractivity contribution < 1.29 is 4.79 Å². The van der Waals surface area contributed by atoms with E-state index in [-0.39, 0.29) is 5.91 Å². The molecule has 8 nitrogen and oxygen atoms in total. The molecule has 3 heterocycles. The Morgan fingerprint density at radius 1 is 1.07 bits per heavy atom. The number of hydrogen-bond acceptors (Lipinski definition) is 7. The van der Waals surface area contributed by atoms with Crippen molar-refractivity contribution in [2.75, 3.05) is 0 Å². The molecule has 0 unspecified atom stereocenters. The van der Waals surface area contributed by atoms with Crippen LogP contribution in [0.1, 0.15) is 0 Å². The predicted molar refractivity (Wildman–Crippen MR) is 44.2 cm³/mol. The van der Waals surface area contributed by atoms with E-state index in [1.165, 1.54) is 18.5 Å². The minimum Gasteiger partial charge on any atom is -0.266 e. The first kappa shape index (κ1) is 8.23. The van der Waals surface area contributed by atoms with Gasteiger partial charge in [-0.15, -0.1) is 20.4 Å². The Kier molecular flexibility index (Phi) is 2.09. The fourth-order valence-corrected chi connectivity index (χ4v) is 0.723. The topological polar surface area (TPSA) is 104 Å². The van der Waals surface area contributed by atoms with E-state index in [2.05, 4.69) is 35.9 Å². The lowest BCUT2D eigenvalue weighted by Crippen LogP contribution is -1.83. The zero-order valence-corrected chi connectivity index (χ0v) is 6.77. The molecule has 0 aromatic heterocycles. The maximum absolute atomic E-state index is 9.90. The Morgan fingerprint density at radius 3 is 2.57 bits per heavy atom. The van der Waals surface area contributed by atoms with Crippen LogP contribution in [-0.2, 0) is 4.79 Å². The molecule has 14 heavy (non-hydrogen) atoms. The largest absolute Gasteiger partial charge is 0.289 e. The van der Waals surface area contributed by atoms with Crippen LogP contribution in [0.3, 0.4) is 0 Å². The summed E-state index contributed by atoms with van der Waals surface area (Å²) in [6.07, 6.45) is 4.19. The predicted octanol–water partition coefficient (Wildman–Crippen LogP) is 1.57. The summed E-state index contributed by atoms with van der Waals surface area (Å²) in [7, 11) is 0. The van der Waals surface area contributed by atoms with E-state index in [0.29, 0.717) is 11.5 Å². The molecule has 0 spiro atoms. The van der Waals surface area contributed by atoms with Gasteiger partial charge in [0.05, 0.1) is 12.4 Å². The van der Waals surface area contributed by atoms with Crippen LogP contribution in [0.15, 0.2) is 60.1 Å². The molecule has 0 atom stereocenters. The molecule has 0 saturated heterocycles. The number of azo groups is 2. The van der Waals surface area contributed by atoms with Crippen molar-refractivity contribution in [2.45, 2.75) is 0 Å². The number of rotatable bonds is 0. The summed E-state index contributed by atoms with van der Waals surface area (Å²) < 4.78 is 0. The summed E-state index contributed by atoms with van der Waals surface area (Å²) >= 11 is 0. The van der Waals surface area contributed by atoms with Crippen molar-refractivity contribution >= 4 is 11.7 Å². The molecule has 68 valence electrons. The van der Waals surface area contributed by atoms with Crippen LogP contribution in [-0.4, -0.2) is 11.7 Å². The molecule has 1 amide bonds. The number of fused-ring (bicyclic) bond motifs is 1. The Hall–Kier alpha value is -2.38. The summed E-state index contributed by atoms with van der Waals surface area (Å²) in [6, 6.07) is 0. The van der Waals surface area contributed by atoms with Crippen LogP contribution in [0.25, 0.3) is 0 Å². The maximum Gasteiger partial charge on any atom is 0.289 e. The summed E-state index contributed by atoms with van der Waals surface area (Å²) in [4.78, 5) is 9.90. The molecule has 0 aliphatic carbocycles. The van der Waals surface area contributed by atoms with Crippen molar-refractivity contribution in [3.05, 3.63) is 24.2 Å². The standard InChI is InChI=1S/C3HN5.C3H2N2O/c1-2-3(6-4-1)7-8-5-2;6-3-1-2-4-5-3/h1H;1-2H. The summed E-state index contributed by atoms with van der Waals surface area (Å²) in [5.74, 6) is 0.250. The van der Waals surface area contributed by atoms with E-state index in [9.17, 15) is 4.79 Å². The second-order valence-electron chi connectivity index (χ2n) is 2.21. The fourth-order valence-electron chi connectivity index (χ4n) is 0.723. The molecule has 3 rings (SSSR count). The van der Waals surface area contributed by atoms with Gasteiger partial charge in [0.1, 0.15) is 0 Å². The van der Waals surface area contributed by atoms with Gasteiger partial charge in [-0.05, 0) is 5.22 Å². The van der Waals surface area contributed by atoms with E-state index in [0.717, 1.165) is 0 Å². The van der Waals surface area contributed by atoms with E-state index in [1.807, 2.05) is 0 Å². The van der Waals surface area contributed by atoms with Gasteiger partial charge in [-0.2, -0.15) is 10.2 Å².